The van der Waals surface area contributed by atoms with Gasteiger partial charge in [0.05, 0.1) is 0 Å². The summed E-state index contributed by atoms with van der Waals surface area (Å²) in [4.78, 5) is 15.6. The van der Waals surface area contributed by atoms with Gasteiger partial charge in [0, 0.05) is 17.4 Å². The normalized spacial score (nSPS) is 15.3. The number of fused-ring (bicyclic) bond motifs is 1. The lowest BCUT2D eigenvalue weighted by molar-refractivity contribution is -0.274. The summed E-state index contributed by atoms with van der Waals surface area (Å²) in [5.74, 6) is 0.0929. The molecule has 1 saturated heterocycles. The van der Waals surface area contributed by atoms with Gasteiger partial charge in [0.25, 0.3) is 5.91 Å². The molecule has 2 aromatic carbocycles. The quantitative estimate of drug-likeness (QED) is 0.574. The Morgan fingerprint density at radius 3 is 2.43 bits per heavy atom. The molecule has 0 bridgehead atoms. The van der Waals surface area contributed by atoms with Crippen molar-refractivity contribution >= 4 is 16.8 Å². The first-order valence-corrected chi connectivity index (χ1v) is 9.85. The largest absolute Gasteiger partial charge is 0.573 e. The lowest BCUT2D eigenvalue weighted by atomic mass is 9.98. The van der Waals surface area contributed by atoms with Crippen LogP contribution in [0.5, 0.6) is 5.75 Å². The number of ether oxygens (including phenoxy) is 1. The number of benzene rings is 2. The minimum atomic E-state index is -4.71. The Kier molecular flexibility index (Phi) is 5.67. The number of piperidine rings is 1. The lowest BCUT2D eigenvalue weighted by Gasteiger charge is -2.22. The molecule has 2 heterocycles. The van der Waals surface area contributed by atoms with Crippen molar-refractivity contribution in [2.45, 2.75) is 19.2 Å². The number of rotatable bonds is 5. The highest BCUT2D eigenvalue weighted by molar-refractivity contribution is 5.98. The van der Waals surface area contributed by atoms with Crippen LogP contribution in [0.4, 0.5) is 13.2 Å². The molecule has 1 fully saturated rings. The molecule has 0 saturated carbocycles. The predicted molar refractivity (Wildman–Crippen MR) is 108 cm³/mol. The third kappa shape index (κ3) is 4.94. The summed E-state index contributed by atoms with van der Waals surface area (Å²) >= 11 is 0. The van der Waals surface area contributed by atoms with Crippen molar-refractivity contribution in [1.82, 2.24) is 15.6 Å². The van der Waals surface area contributed by atoms with Crippen LogP contribution in [0.2, 0.25) is 0 Å². The highest BCUT2D eigenvalue weighted by Gasteiger charge is 2.31. The molecule has 0 radical (unpaired) electrons. The summed E-state index contributed by atoms with van der Waals surface area (Å²) in [7, 11) is 0. The van der Waals surface area contributed by atoms with E-state index in [0.717, 1.165) is 48.0 Å². The van der Waals surface area contributed by atoms with E-state index in [9.17, 15) is 18.0 Å². The zero-order valence-corrected chi connectivity index (χ0v) is 16.2. The van der Waals surface area contributed by atoms with Crippen molar-refractivity contribution in [3.05, 3.63) is 54.2 Å². The van der Waals surface area contributed by atoms with Crippen LogP contribution in [0, 0.1) is 5.92 Å². The monoisotopic (exact) mass is 417 g/mol. The fourth-order valence-electron chi connectivity index (χ4n) is 3.70. The van der Waals surface area contributed by atoms with Crippen molar-refractivity contribution in [3.63, 3.8) is 0 Å². The van der Waals surface area contributed by atoms with Gasteiger partial charge in [-0.25, -0.2) is 0 Å². The average Bonchev–Trinajstić information content (AvgIpc) is 3.16. The average molecular weight is 417 g/mol. The van der Waals surface area contributed by atoms with E-state index in [1.807, 2.05) is 18.2 Å². The van der Waals surface area contributed by atoms with E-state index in [1.165, 1.54) is 12.1 Å². The number of hydrogen-bond donors (Lipinski definition) is 3. The molecular weight excluding hydrogens is 395 g/mol. The minimum absolute atomic E-state index is 0.139. The third-order valence-electron chi connectivity index (χ3n) is 5.30. The van der Waals surface area contributed by atoms with Gasteiger partial charge in [-0.05, 0) is 67.2 Å². The van der Waals surface area contributed by atoms with Crippen molar-refractivity contribution in [2.24, 2.45) is 5.92 Å². The van der Waals surface area contributed by atoms with Crippen LogP contribution < -0.4 is 15.4 Å². The Morgan fingerprint density at radius 2 is 1.73 bits per heavy atom. The summed E-state index contributed by atoms with van der Waals surface area (Å²) in [6.45, 7) is 2.63. The van der Waals surface area contributed by atoms with Crippen LogP contribution in [0.3, 0.4) is 0 Å². The molecule has 1 aromatic heterocycles. The van der Waals surface area contributed by atoms with Gasteiger partial charge < -0.3 is 20.4 Å². The molecule has 5 nitrogen and oxygen atoms in total. The Bertz CT molecular complexity index is 1020. The van der Waals surface area contributed by atoms with E-state index in [4.69, 9.17) is 0 Å². The van der Waals surface area contributed by atoms with Crippen LogP contribution in [-0.2, 0) is 0 Å². The maximum absolute atomic E-state index is 12.5. The van der Waals surface area contributed by atoms with Crippen molar-refractivity contribution < 1.29 is 22.7 Å². The number of H-pyrrole nitrogens is 1. The number of amides is 1. The number of nitrogens with one attached hydrogen (secondary N) is 3. The van der Waals surface area contributed by atoms with Gasteiger partial charge >= 0.3 is 6.36 Å². The molecule has 8 heteroatoms. The molecule has 1 amide bonds. The second-order valence-electron chi connectivity index (χ2n) is 7.46. The molecule has 0 unspecified atom stereocenters. The van der Waals surface area contributed by atoms with Gasteiger partial charge in [0.1, 0.15) is 11.4 Å². The highest BCUT2D eigenvalue weighted by atomic mass is 19.4. The predicted octanol–water partition coefficient (Wildman–Crippen LogP) is 4.46. The summed E-state index contributed by atoms with van der Waals surface area (Å²) in [5, 5.41) is 7.20. The number of carbonyl (C=O) groups excluding carboxylic acids is 1. The van der Waals surface area contributed by atoms with Crippen LogP contribution >= 0.6 is 0 Å². The van der Waals surface area contributed by atoms with Crippen LogP contribution in [0.1, 0.15) is 23.3 Å². The smallest absolute Gasteiger partial charge is 0.406 e. The van der Waals surface area contributed by atoms with Crippen molar-refractivity contribution in [3.8, 4) is 16.9 Å². The number of hydrogen-bond acceptors (Lipinski definition) is 3. The van der Waals surface area contributed by atoms with Crippen molar-refractivity contribution in [1.29, 1.82) is 0 Å². The van der Waals surface area contributed by atoms with Gasteiger partial charge in [0.15, 0.2) is 0 Å². The fourth-order valence-corrected chi connectivity index (χ4v) is 3.70. The third-order valence-corrected chi connectivity index (χ3v) is 5.30. The number of aromatic amines is 1. The zero-order chi connectivity index (χ0) is 21.1. The van der Waals surface area contributed by atoms with E-state index in [1.54, 1.807) is 18.2 Å². The standard InChI is InChI=1S/C22H22F3N3O2/c23-22(24,25)30-18-5-3-15(4-6-18)16-1-2-17-12-20(28-19(17)11-16)21(29)27-13-14-7-9-26-10-8-14/h1-6,11-12,14,26,28H,7-10,13H2,(H,27,29). The first-order valence-electron chi connectivity index (χ1n) is 9.85. The summed E-state index contributed by atoms with van der Waals surface area (Å²) in [6.07, 6.45) is -2.60. The van der Waals surface area contributed by atoms with Gasteiger partial charge in [-0.3, -0.25) is 4.79 Å². The van der Waals surface area contributed by atoms with Gasteiger partial charge in [-0.15, -0.1) is 13.2 Å². The number of halogens is 3. The summed E-state index contributed by atoms with van der Waals surface area (Å²) < 4.78 is 40.8. The number of alkyl halides is 3. The Hall–Kier alpha value is -3.00. The highest BCUT2D eigenvalue weighted by Crippen LogP contribution is 2.28. The van der Waals surface area contributed by atoms with Gasteiger partial charge in [-0.2, -0.15) is 0 Å². The first kappa shape index (κ1) is 20.3. The Morgan fingerprint density at radius 1 is 1.03 bits per heavy atom. The second kappa shape index (κ2) is 8.39. The lowest BCUT2D eigenvalue weighted by Crippen LogP contribution is -2.36. The zero-order valence-electron chi connectivity index (χ0n) is 16.2. The van der Waals surface area contributed by atoms with E-state index in [-0.39, 0.29) is 11.7 Å². The van der Waals surface area contributed by atoms with Gasteiger partial charge in [-0.1, -0.05) is 24.3 Å². The molecule has 0 spiro atoms. The van der Waals surface area contributed by atoms with Crippen LogP contribution in [0.15, 0.2) is 48.5 Å². The van der Waals surface area contributed by atoms with Crippen LogP contribution in [0.25, 0.3) is 22.0 Å². The summed E-state index contributed by atoms with van der Waals surface area (Å²) in [5.41, 5.74) is 2.85. The molecule has 3 N–H and O–H groups in total. The molecule has 0 aliphatic carbocycles. The molecule has 158 valence electrons. The van der Waals surface area contributed by atoms with Crippen LogP contribution in [-0.4, -0.2) is 36.9 Å². The molecule has 1 aliphatic heterocycles. The maximum Gasteiger partial charge on any atom is 0.573 e. The molecule has 30 heavy (non-hydrogen) atoms. The number of aromatic nitrogens is 1. The minimum Gasteiger partial charge on any atom is -0.406 e. The number of carbonyl (C=O) groups is 1. The second-order valence-corrected chi connectivity index (χ2v) is 7.46. The summed E-state index contributed by atoms with van der Waals surface area (Å²) in [6, 6.07) is 13.1. The van der Waals surface area contributed by atoms with E-state index < -0.39 is 6.36 Å². The van der Waals surface area contributed by atoms with E-state index in [0.29, 0.717) is 18.2 Å². The molecular formula is C22H22F3N3O2. The maximum atomic E-state index is 12.5. The first-order chi connectivity index (χ1) is 14.4. The van der Waals surface area contributed by atoms with Gasteiger partial charge in [0.2, 0.25) is 0 Å². The van der Waals surface area contributed by atoms with E-state index >= 15 is 0 Å². The topological polar surface area (TPSA) is 66.2 Å². The molecule has 1 aliphatic rings. The molecule has 4 rings (SSSR count). The van der Waals surface area contributed by atoms with E-state index in [2.05, 4.69) is 20.4 Å². The fraction of sp³-hybridized carbons (Fsp3) is 0.318. The van der Waals surface area contributed by atoms with Crippen molar-refractivity contribution in [2.75, 3.05) is 19.6 Å². The molecule has 0 atom stereocenters. The Labute approximate surface area is 171 Å². The molecule has 3 aromatic rings. The Balaban J connectivity index is 1.46. The SMILES string of the molecule is O=C(NCC1CCNCC1)c1cc2ccc(-c3ccc(OC(F)(F)F)cc3)cc2[nH]1.